The van der Waals surface area contributed by atoms with Crippen molar-refractivity contribution in [3.63, 3.8) is 0 Å². The molecule has 10 nitrogen and oxygen atoms in total. The van der Waals surface area contributed by atoms with Crippen LogP contribution in [0, 0.1) is 5.41 Å². The first-order valence-corrected chi connectivity index (χ1v) is 13.8. The third-order valence-electron chi connectivity index (χ3n) is 7.44. The van der Waals surface area contributed by atoms with E-state index in [1.807, 2.05) is 56.0 Å². The van der Waals surface area contributed by atoms with Crippen molar-refractivity contribution >= 4 is 17.7 Å². The lowest BCUT2D eigenvalue weighted by molar-refractivity contribution is -0.142. The van der Waals surface area contributed by atoms with E-state index in [2.05, 4.69) is 20.6 Å². The van der Waals surface area contributed by atoms with Crippen LogP contribution in [0.2, 0.25) is 0 Å². The Balaban J connectivity index is 1.78. The molecule has 2 aromatic rings. The smallest absolute Gasteiger partial charge is 0.246 e. The number of imidazole rings is 1. The maximum atomic E-state index is 13.9. The maximum Gasteiger partial charge on any atom is 0.246 e. The zero-order valence-electron chi connectivity index (χ0n) is 23.9. The Hall–Kier alpha value is -3.24. The number of H-pyrrole nitrogens is 1. The Labute approximate surface area is 232 Å². The summed E-state index contributed by atoms with van der Waals surface area (Å²) in [5.74, 6) is -0.486. The topological polar surface area (TPSA) is 136 Å². The van der Waals surface area contributed by atoms with E-state index in [1.165, 1.54) is 0 Å². The average molecular weight is 540 g/mol. The molecule has 0 spiro atoms. The minimum absolute atomic E-state index is 0.113. The molecule has 0 bridgehead atoms. The monoisotopic (exact) mass is 539 g/mol. The molecule has 214 valence electrons. The van der Waals surface area contributed by atoms with E-state index < -0.39 is 23.5 Å². The van der Waals surface area contributed by atoms with Crippen LogP contribution in [-0.2, 0) is 27.2 Å². The molecular weight excluding hydrogens is 494 g/mol. The van der Waals surface area contributed by atoms with Gasteiger partial charge < -0.3 is 31.2 Å². The Morgan fingerprint density at radius 1 is 1.23 bits per heavy atom. The summed E-state index contributed by atoms with van der Waals surface area (Å²) in [5, 5.41) is 5.90. The normalized spacial score (nSPS) is 17.9. The van der Waals surface area contributed by atoms with Crippen LogP contribution in [-0.4, -0.2) is 88.3 Å². The van der Waals surface area contributed by atoms with Crippen LogP contribution in [0.5, 0.6) is 0 Å². The van der Waals surface area contributed by atoms with Gasteiger partial charge in [-0.25, -0.2) is 4.98 Å². The lowest BCUT2D eigenvalue weighted by Crippen LogP contribution is -2.59. The van der Waals surface area contributed by atoms with Gasteiger partial charge in [-0.05, 0) is 44.2 Å². The highest BCUT2D eigenvalue weighted by Gasteiger charge is 2.41. The first-order valence-electron chi connectivity index (χ1n) is 13.8. The van der Waals surface area contributed by atoms with Crippen LogP contribution in [0.3, 0.4) is 0 Å². The van der Waals surface area contributed by atoms with Crippen molar-refractivity contribution in [2.45, 2.75) is 77.5 Å². The summed E-state index contributed by atoms with van der Waals surface area (Å²) in [6.07, 6.45) is 5.96. The van der Waals surface area contributed by atoms with E-state index in [4.69, 9.17) is 5.73 Å². The van der Waals surface area contributed by atoms with Crippen molar-refractivity contribution in [2.24, 2.45) is 11.1 Å². The van der Waals surface area contributed by atoms with E-state index in [0.717, 1.165) is 24.1 Å². The van der Waals surface area contributed by atoms with Gasteiger partial charge in [0.2, 0.25) is 17.7 Å². The molecular formula is C29H45N7O3. The van der Waals surface area contributed by atoms with Gasteiger partial charge in [-0.1, -0.05) is 51.1 Å². The van der Waals surface area contributed by atoms with Crippen molar-refractivity contribution in [1.82, 2.24) is 30.4 Å². The summed E-state index contributed by atoms with van der Waals surface area (Å²) in [6.45, 7) is 9.10. The number of hydrogen-bond acceptors (Lipinski definition) is 6. The summed E-state index contributed by atoms with van der Waals surface area (Å²) >= 11 is 0. The number of likely N-dealkylation sites (tertiary alicyclic amines) is 1. The fourth-order valence-corrected chi connectivity index (χ4v) is 4.93. The molecule has 1 aliphatic rings. The zero-order chi connectivity index (χ0) is 28.6. The van der Waals surface area contributed by atoms with Gasteiger partial charge >= 0.3 is 0 Å². The number of nitrogens with two attached hydrogens (primary N) is 1. The SMILES string of the molecule is CN[C@@H](C)C(=O)N[C@H](C(=O)N1CCC[C@H]1CN(CCc1ccccc1)C(=O)[C@H](N)Cc1c[nH]cn1)C(C)(C)C. The van der Waals surface area contributed by atoms with Crippen molar-refractivity contribution in [3.8, 4) is 0 Å². The van der Waals surface area contributed by atoms with E-state index >= 15 is 0 Å². The van der Waals surface area contributed by atoms with Crippen molar-refractivity contribution < 1.29 is 14.4 Å². The maximum absolute atomic E-state index is 13.9. The zero-order valence-corrected chi connectivity index (χ0v) is 23.9. The van der Waals surface area contributed by atoms with E-state index in [1.54, 1.807) is 31.4 Å². The van der Waals surface area contributed by atoms with Crippen molar-refractivity contribution in [3.05, 3.63) is 54.1 Å². The second kappa shape index (κ2) is 13.7. The van der Waals surface area contributed by atoms with Crippen LogP contribution in [0.15, 0.2) is 42.9 Å². The van der Waals surface area contributed by atoms with Gasteiger partial charge in [0.25, 0.3) is 0 Å². The van der Waals surface area contributed by atoms with Crippen LogP contribution in [0.1, 0.15) is 51.8 Å². The van der Waals surface area contributed by atoms with Crippen LogP contribution >= 0.6 is 0 Å². The molecule has 3 amide bonds. The van der Waals surface area contributed by atoms with E-state index in [9.17, 15) is 14.4 Å². The number of hydrogen-bond donors (Lipinski definition) is 4. The van der Waals surface area contributed by atoms with Gasteiger partial charge in [0.15, 0.2) is 0 Å². The Bertz CT molecular complexity index is 1070. The molecule has 3 rings (SSSR count). The van der Waals surface area contributed by atoms with Crippen LogP contribution < -0.4 is 16.4 Å². The second-order valence-corrected chi connectivity index (χ2v) is 11.5. The van der Waals surface area contributed by atoms with Gasteiger partial charge in [-0.2, -0.15) is 0 Å². The minimum atomic E-state index is -0.737. The van der Waals surface area contributed by atoms with Gasteiger partial charge in [0.05, 0.1) is 24.1 Å². The first-order chi connectivity index (χ1) is 18.5. The molecule has 0 aliphatic carbocycles. The molecule has 2 heterocycles. The van der Waals surface area contributed by atoms with E-state index in [0.29, 0.717) is 32.5 Å². The molecule has 5 N–H and O–H groups in total. The molecule has 39 heavy (non-hydrogen) atoms. The predicted octanol–water partition coefficient (Wildman–Crippen LogP) is 1.48. The molecule has 1 aromatic carbocycles. The molecule has 1 fully saturated rings. The summed E-state index contributed by atoms with van der Waals surface area (Å²) in [4.78, 5) is 50.9. The highest BCUT2D eigenvalue weighted by atomic mass is 16.2. The molecule has 0 saturated carbocycles. The molecule has 1 aromatic heterocycles. The number of nitrogens with zero attached hydrogens (tertiary/aromatic N) is 3. The molecule has 0 unspecified atom stereocenters. The number of amides is 3. The number of carbonyl (C=O) groups excluding carboxylic acids is 3. The lowest BCUT2D eigenvalue weighted by atomic mass is 9.85. The predicted molar refractivity (Wildman–Crippen MR) is 152 cm³/mol. The average Bonchev–Trinajstić information content (AvgIpc) is 3.60. The standard InChI is InChI=1S/C29H45N7O3/c1-20(31-5)26(37)34-25(29(2,3)4)28(39)36-14-9-12-23(36)18-35(15-13-21-10-7-6-8-11-21)27(38)24(30)16-22-17-32-19-33-22/h6-8,10-11,17,19-20,23-25,31H,9,12-16,18,30H2,1-5H3,(H,32,33)(H,34,37)/t20-,23-,24+,25+/m0/s1. The van der Waals surface area contributed by atoms with Gasteiger partial charge in [0, 0.05) is 38.3 Å². The Morgan fingerprint density at radius 2 is 1.95 bits per heavy atom. The summed E-state index contributed by atoms with van der Waals surface area (Å²) in [5.41, 5.74) is 7.75. The van der Waals surface area contributed by atoms with Crippen LogP contribution in [0.25, 0.3) is 0 Å². The summed E-state index contributed by atoms with van der Waals surface area (Å²) in [7, 11) is 1.71. The Kier molecular flexibility index (Phi) is 10.7. The van der Waals surface area contributed by atoms with Gasteiger partial charge in [-0.3, -0.25) is 14.4 Å². The lowest BCUT2D eigenvalue weighted by Gasteiger charge is -2.38. The fourth-order valence-electron chi connectivity index (χ4n) is 4.93. The number of rotatable bonds is 12. The highest BCUT2D eigenvalue weighted by molar-refractivity contribution is 5.90. The fraction of sp³-hybridized carbons (Fsp3) is 0.586. The minimum Gasteiger partial charge on any atom is -0.351 e. The first kappa shape index (κ1) is 30.3. The molecule has 1 saturated heterocycles. The molecule has 1 aliphatic heterocycles. The second-order valence-electron chi connectivity index (χ2n) is 11.5. The Morgan fingerprint density at radius 3 is 2.56 bits per heavy atom. The summed E-state index contributed by atoms with van der Waals surface area (Å²) in [6, 6.07) is 8.03. The third-order valence-corrected chi connectivity index (χ3v) is 7.44. The van der Waals surface area contributed by atoms with E-state index in [-0.39, 0.29) is 23.8 Å². The van der Waals surface area contributed by atoms with Gasteiger partial charge in [-0.15, -0.1) is 0 Å². The molecule has 4 atom stereocenters. The van der Waals surface area contributed by atoms with Crippen molar-refractivity contribution in [2.75, 3.05) is 26.7 Å². The quantitative estimate of drug-likeness (QED) is 0.323. The molecule has 10 heteroatoms. The van der Waals surface area contributed by atoms with Crippen LogP contribution in [0.4, 0.5) is 0 Å². The van der Waals surface area contributed by atoms with Crippen molar-refractivity contribution in [1.29, 1.82) is 0 Å². The number of aromatic nitrogens is 2. The third kappa shape index (κ3) is 8.37. The number of benzene rings is 1. The number of carbonyl (C=O) groups is 3. The molecule has 0 radical (unpaired) electrons. The summed E-state index contributed by atoms with van der Waals surface area (Å²) < 4.78 is 0. The number of aromatic amines is 1. The van der Waals surface area contributed by atoms with Gasteiger partial charge in [0.1, 0.15) is 6.04 Å². The highest BCUT2D eigenvalue weighted by Crippen LogP contribution is 2.26. The number of nitrogens with one attached hydrogen (secondary N) is 3. The largest absolute Gasteiger partial charge is 0.351 e. The number of likely N-dealkylation sites (N-methyl/N-ethyl adjacent to an activating group) is 1.